The van der Waals surface area contributed by atoms with E-state index in [1.54, 1.807) is 31.4 Å². The Hall–Kier alpha value is -2.89. The van der Waals surface area contributed by atoms with Crippen molar-refractivity contribution in [2.45, 2.75) is 13.5 Å². The quantitative estimate of drug-likeness (QED) is 0.875. The first-order valence-corrected chi connectivity index (χ1v) is 6.88. The molecule has 0 amide bonds. The number of benzene rings is 1. The largest absolute Gasteiger partial charge is 0.476 e. The summed E-state index contributed by atoms with van der Waals surface area (Å²) < 4.78 is 26.4. The molecule has 23 heavy (non-hydrogen) atoms. The van der Waals surface area contributed by atoms with Crippen LogP contribution in [-0.2, 0) is 11.3 Å². The smallest absolute Gasteiger partial charge is 0.355 e. The number of carbonyl (C=O) groups is 1. The summed E-state index contributed by atoms with van der Waals surface area (Å²) in [6.07, 6.45) is 6.49. The molecule has 0 spiro atoms. The number of nitrogens with zero attached hydrogens (tertiary/aromatic N) is 1. The second-order valence-corrected chi connectivity index (χ2v) is 4.88. The highest BCUT2D eigenvalue weighted by atomic mass is 19.1. The number of hydrogen-bond acceptors (Lipinski definition) is 3. The van der Waals surface area contributed by atoms with E-state index >= 15 is 0 Å². The van der Waals surface area contributed by atoms with E-state index in [9.17, 15) is 18.7 Å². The van der Waals surface area contributed by atoms with Gasteiger partial charge in [-0.1, -0.05) is 12.7 Å². The molecule has 0 unspecified atom stereocenters. The van der Waals surface area contributed by atoms with Crippen LogP contribution in [0.15, 0.2) is 66.3 Å². The third kappa shape index (κ3) is 3.85. The molecule has 0 bridgehead atoms. The summed E-state index contributed by atoms with van der Waals surface area (Å²) in [4.78, 5) is 13.0. The number of allylic oxidation sites excluding steroid dienone is 3. The van der Waals surface area contributed by atoms with Crippen LogP contribution < -0.4 is 5.32 Å². The zero-order valence-electron chi connectivity index (χ0n) is 12.5. The van der Waals surface area contributed by atoms with Gasteiger partial charge in [-0.15, -0.1) is 0 Å². The Morgan fingerprint density at radius 1 is 1.30 bits per heavy atom. The Kier molecular flexibility index (Phi) is 4.95. The maximum absolute atomic E-state index is 13.2. The van der Waals surface area contributed by atoms with Crippen LogP contribution in [0, 0.1) is 11.6 Å². The van der Waals surface area contributed by atoms with Gasteiger partial charge >= 0.3 is 5.97 Å². The highest BCUT2D eigenvalue weighted by Gasteiger charge is 2.23. The monoisotopic (exact) mass is 318 g/mol. The molecular weight excluding hydrogens is 302 g/mol. The van der Waals surface area contributed by atoms with E-state index in [2.05, 4.69) is 11.9 Å². The average Bonchev–Trinajstić information content (AvgIpc) is 2.46. The topological polar surface area (TPSA) is 52.6 Å². The van der Waals surface area contributed by atoms with Gasteiger partial charge in [-0.25, -0.2) is 13.6 Å². The molecule has 0 aromatic heterocycles. The van der Waals surface area contributed by atoms with E-state index in [-0.39, 0.29) is 12.2 Å². The normalized spacial score (nSPS) is 14.7. The van der Waals surface area contributed by atoms with Gasteiger partial charge in [0, 0.05) is 24.5 Å². The van der Waals surface area contributed by atoms with Crippen LogP contribution in [0.25, 0.3) is 0 Å². The minimum atomic E-state index is -1.14. The molecule has 0 saturated heterocycles. The van der Waals surface area contributed by atoms with E-state index in [0.29, 0.717) is 17.0 Å². The molecule has 2 rings (SSSR count). The molecule has 4 nitrogen and oxygen atoms in total. The molecule has 120 valence electrons. The van der Waals surface area contributed by atoms with Crippen LogP contribution in [-0.4, -0.2) is 16.0 Å². The molecule has 0 radical (unpaired) electrons. The van der Waals surface area contributed by atoms with E-state index in [1.807, 2.05) is 0 Å². The van der Waals surface area contributed by atoms with Gasteiger partial charge in [0.05, 0.1) is 5.70 Å². The van der Waals surface area contributed by atoms with Crippen LogP contribution >= 0.6 is 0 Å². The lowest BCUT2D eigenvalue weighted by Gasteiger charge is -2.27. The summed E-state index contributed by atoms with van der Waals surface area (Å²) in [5.41, 5.74) is 1.19. The van der Waals surface area contributed by atoms with Crippen LogP contribution in [0.2, 0.25) is 0 Å². The van der Waals surface area contributed by atoms with Crippen LogP contribution in [0.4, 0.5) is 8.78 Å². The van der Waals surface area contributed by atoms with Gasteiger partial charge in [0.2, 0.25) is 0 Å². The third-order valence-electron chi connectivity index (χ3n) is 3.15. The third-order valence-corrected chi connectivity index (χ3v) is 3.15. The molecule has 0 atom stereocenters. The van der Waals surface area contributed by atoms with E-state index < -0.39 is 17.6 Å². The number of rotatable bonds is 5. The zero-order chi connectivity index (χ0) is 17.0. The predicted molar refractivity (Wildman–Crippen MR) is 82.8 cm³/mol. The molecular formula is C17H16F2N2O2. The van der Waals surface area contributed by atoms with Gasteiger partial charge in [-0.2, -0.15) is 0 Å². The maximum atomic E-state index is 13.2. The van der Waals surface area contributed by atoms with E-state index in [1.165, 1.54) is 17.0 Å². The highest BCUT2D eigenvalue weighted by molar-refractivity contribution is 5.88. The van der Waals surface area contributed by atoms with Crippen LogP contribution in [0.1, 0.15) is 12.5 Å². The summed E-state index contributed by atoms with van der Waals surface area (Å²) in [6, 6.07) is 3.16. The SMILES string of the molecule is C=C1C=CC(NCc2cc(F)cc(F)c2)=C(C(=O)O)N1/C=C\C. The second-order valence-electron chi connectivity index (χ2n) is 4.88. The first kappa shape index (κ1) is 16.5. The van der Waals surface area contributed by atoms with Gasteiger partial charge in [-0.3, -0.25) is 0 Å². The summed E-state index contributed by atoms with van der Waals surface area (Å²) in [5.74, 6) is -2.50. The number of carboxylic acid groups (broad SMARTS) is 1. The Morgan fingerprint density at radius 3 is 2.52 bits per heavy atom. The average molecular weight is 318 g/mol. The molecule has 2 N–H and O–H groups in total. The molecule has 0 fully saturated rings. The van der Waals surface area contributed by atoms with Gasteiger partial charge < -0.3 is 15.3 Å². The summed E-state index contributed by atoms with van der Waals surface area (Å²) in [6.45, 7) is 5.63. The lowest BCUT2D eigenvalue weighted by molar-refractivity contribution is -0.134. The van der Waals surface area contributed by atoms with E-state index in [4.69, 9.17) is 0 Å². The standard InChI is InChI=1S/C17H16F2N2O2/c1-3-6-21-11(2)4-5-15(16(21)17(22)23)20-10-12-7-13(18)9-14(19)8-12/h3-9,20H,2,10H2,1H3,(H,22,23)/b6-3-. The number of nitrogens with one attached hydrogen (secondary N) is 1. The van der Waals surface area contributed by atoms with Crippen molar-refractivity contribution in [1.29, 1.82) is 0 Å². The van der Waals surface area contributed by atoms with Crippen molar-refractivity contribution in [2.75, 3.05) is 0 Å². The van der Waals surface area contributed by atoms with Crippen molar-refractivity contribution >= 4 is 5.97 Å². The number of halogens is 2. The predicted octanol–water partition coefficient (Wildman–Crippen LogP) is 3.27. The first-order valence-electron chi connectivity index (χ1n) is 6.88. The number of carboxylic acids is 1. The lowest BCUT2D eigenvalue weighted by atomic mass is 10.1. The molecule has 1 aromatic rings. The molecule has 0 saturated carbocycles. The Morgan fingerprint density at radius 2 is 1.96 bits per heavy atom. The first-order chi connectivity index (χ1) is 10.9. The summed E-state index contributed by atoms with van der Waals surface area (Å²) in [5, 5.41) is 12.3. The molecule has 1 aliphatic rings. The van der Waals surface area contributed by atoms with Gasteiger partial charge in [-0.05, 0) is 36.8 Å². The Balaban J connectivity index is 2.29. The van der Waals surface area contributed by atoms with Crippen molar-refractivity contribution in [3.63, 3.8) is 0 Å². The van der Waals surface area contributed by atoms with Crippen molar-refractivity contribution < 1.29 is 18.7 Å². The van der Waals surface area contributed by atoms with Crippen molar-refractivity contribution in [3.8, 4) is 0 Å². The highest BCUT2D eigenvalue weighted by Crippen LogP contribution is 2.23. The van der Waals surface area contributed by atoms with Gasteiger partial charge in [0.25, 0.3) is 0 Å². The van der Waals surface area contributed by atoms with Gasteiger partial charge in [0.1, 0.15) is 11.6 Å². The number of aliphatic carboxylic acids is 1. The van der Waals surface area contributed by atoms with E-state index in [0.717, 1.165) is 6.07 Å². The fourth-order valence-electron chi connectivity index (χ4n) is 2.20. The molecule has 6 heteroatoms. The minimum absolute atomic E-state index is 0.00697. The Bertz CT molecular complexity index is 716. The van der Waals surface area contributed by atoms with Crippen LogP contribution in [0.5, 0.6) is 0 Å². The molecule has 1 aromatic carbocycles. The second kappa shape index (κ2) is 6.91. The molecule has 0 aliphatic carbocycles. The minimum Gasteiger partial charge on any atom is -0.476 e. The Labute approximate surface area is 132 Å². The van der Waals surface area contributed by atoms with Crippen molar-refractivity contribution in [2.24, 2.45) is 0 Å². The summed E-state index contributed by atoms with van der Waals surface area (Å²) >= 11 is 0. The summed E-state index contributed by atoms with van der Waals surface area (Å²) in [7, 11) is 0. The zero-order valence-corrected chi connectivity index (χ0v) is 12.5. The molecule has 1 aliphatic heterocycles. The van der Waals surface area contributed by atoms with Crippen LogP contribution in [0.3, 0.4) is 0 Å². The van der Waals surface area contributed by atoms with Crippen molar-refractivity contribution in [3.05, 3.63) is 83.5 Å². The van der Waals surface area contributed by atoms with Gasteiger partial charge in [0.15, 0.2) is 5.70 Å². The fourth-order valence-corrected chi connectivity index (χ4v) is 2.20. The fraction of sp³-hybridized carbons (Fsp3) is 0.118. The maximum Gasteiger partial charge on any atom is 0.355 e. The van der Waals surface area contributed by atoms with Crippen molar-refractivity contribution in [1.82, 2.24) is 10.2 Å². The number of hydrogen-bond donors (Lipinski definition) is 2. The lowest BCUT2D eigenvalue weighted by Crippen LogP contribution is -2.29. The molecule has 1 heterocycles.